The van der Waals surface area contributed by atoms with Gasteiger partial charge in [0, 0.05) is 42.8 Å². The zero-order valence-corrected chi connectivity index (χ0v) is 49.5. The minimum absolute atomic E-state index is 0.00819. The monoisotopic (exact) mass is 1220 g/mol. The Bertz CT molecular complexity index is 2650. The molecule has 0 saturated carbocycles. The van der Waals surface area contributed by atoms with E-state index in [9.17, 15) is 87.9 Å². The number of primary amides is 1. The number of carboxylic acids is 3. The van der Waals surface area contributed by atoms with E-state index in [0.29, 0.717) is 5.56 Å². The van der Waals surface area contributed by atoms with Gasteiger partial charge < -0.3 is 89.8 Å². The first kappa shape index (κ1) is 73.2. The number of hydrogen-bond acceptors (Lipinski definition) is 17. The van der Waals surface area contributed by atoms with Crippen LogP contribution in [0.1, 0.15) is 105 Å². The van der Waals surface area contributed by atoms with Crippen LogP contribution in [0.3, 0.4) is 0 Å². The molecule has 10 atom stereocenters. The standard InChI is InChI=1S/C54H84N12O18S/c1-26(2)20-31(55)45(74)62-37(22-29-23-57-32-11-9-8-10-30(29)32)50(79)60-33(12-15-41(56)69)47(76)64-39(24-67)51(80)61-36(18-19-85-7)48(77)58-34(13-16-42(70)71)46(75)59-35(14-17-43(72)73)49(78)66-44(28(5)6)53(82)65-40(25-68)52(81)63-38(54(83)84)21-27(3)4/h8-11,23,26-28,31,33-40,44,57,67-68H,12-22,24-25,55H2,1-7H3,(H2,56,69)(H,58,77)(H,59,75)(H,60,79)(H,61,80)(H,62,74)(H,63,81)(H,64,76)(H,65,82)(H,66,78)(H,70,71)(H,72,73)(H,83,84)/t31-,33-,34-,35-,36-,37-,38-,39-,40-,44-/m0/s1. The van der Waals surface area contributed by atoms with Gasteiger partial charge >= 0.3 is 17.9 Å². The number of carbonyl (C=O) groups is 13. The highest BCUT2D eigenvalue weighted by Crippen LogP contribution is 2.20. The predicted molar refractivity (Wildman–Crippen MR) is 308 cm³/mol. The van der Waals surface area contributed by atoms with Crippen LogP contribution in [0.4, 0.5) is 0 Å². The van der Waals surface area contributed by atoms with Crippen LogP contribution in [-0.2, 0) is 68.7 Å². The summed E-state index contributed by atoms with van der Waals surface area (Å²) in [4.78, 5) is 174. The van der Waals surface area contributed by atoms with Crippen molar-refractivity contribution in [3.63, 3.8) is 0 Å². The molecule has 1 aromatic carbocycles. The van der Waals surface area contributed by atoms with E-state index in [1.165, 1.54) is 25.6 Å². The highest BCUT2D eigenvalue weighted by Gasteiger charge is 2.37. The molecule has 0 fully saturated rings. The topological polar surface area (TPSA) is 499 Å². The zero-order chi connectivity index (χ0) is 64.2. The summed E-state index contributed by atoms with van der Waals surface area (Å²) >= 11 is 1.21. The zero-order valence-electron chi connectivity index (χ0n) is 48.7. The Morgan fingerprint density at radius 2 is 0.906 bits per heavy atom. The van der Waals surface area contributed by atoms with E-state index in [1.807, 2.05) is 13.8 Å². The van der Waals surface area contributed by atoms with Gasteiger partial charge in [0.2, 0.25) is 59.1 Å². The molecular formula is C54H84N12O18S. The number of carboxylic acid groups (broad SMARTS) is 3. The van der Waals surface area contributed by atoms with Gasteiger partial charge in [-0.2, -0.15) is 11.8 Å². The molecule has 31 heteroatoms. The lowest BCUT2D eigenvalue weighted by molar-refractivity contribution is -0.143. The number of nitrogens with two attached hydrogens (primary N) is 2. The molecule has 0 aliphatic carbocycles. The first-order valence-electron chi connectivity index (χ1n) is 27.6. The van der Waals surface area contributed by atoms with E-state index in [1.54, 1.807) is 50.6 Å². The van der Waals surface area contributed by atoms with Crippen molar-refractivity contribution in [3.05, 3.63) is 36.0 Å². The fraction of sp³-hybridized carbons (Fsp3) is 0.611. The lowest BCUT2D eigenvalue weighted by Gasteiger charge is -2.28. The van der Waals surface area contributed by atoms with Crippen molar-refractivity contribution in [3.8, 4) is 0 Å². The normalized spacial score (nSPS) is 14.8. The van der Waals surface area contributed by atoms with Gasteiger partial charge in [0.1, 0.15) is 54.4 Å². The van der Waals surface area contributed by atoms with E-state index in [2.05, 4.69) is 52.8 Å². The number of hydrogen-bond donors (Lipinski definition) is 17. The molecule has 1 aromatic heterocycles. The minimum Gasteiger partial charge on any atom is -0.481 e. The van der Waals surface area contributed by atoms with Crippen molar-refractivity contribution in [2.75, 3.05) is 25.2 Å². The Hall–Kier alpha value is -7.90. The fourth-order valence-electron chi connectivity index (χ4n) is 8.52. The molecule has 0 bridgehead atoms. The molecule has 85 heavy (non-hydrogen) atoms. The molecule has 2 aromatic rings. The summed E-state index contributed by atoms with van der Waals surface area (Å²) in [6, 6.07) is -8.51. The number of fused-ring (bicyclic) bond motifs is 1. The summed E-state index contributed by atoms with van der Waals surface area (Å²) in [5, 5.41) is 71.2. The van der Waals surface area contributed by atoms with Gasteiger partial charge in [-0.05, 0) is 79.9 Å². The molecule has 0 spiro atoms. The number of nitrogens with one attached hydrogen (secondary N) is 10. The number of thioether (sulfide) groups is 1. The van der Waals surface area contributed by atoms with Crippen LogP contribution in [0.25, 0.3) is 10.9 Å². The largest absolute Gasteiger partial charge is 0.481 e. The van der Waals surface area contributed by atoms with Crippen molar-refractivity contribution in [2.45, 2.75) is 166 Å². The van der Waals surface area contributed by atoms with Gasteiger partial charge in [-0.15, -0.1) is 0 Å². The maximum Gasteiger partial charge on any atom is 0.326 e. The van der Waals surface area contributed by atoms with Gasteiger partial charge in [-0.25, -0.2) is 4.79 Å². The summed E-state index contributed by atoms with van der Waals surface area (Å²) < 4.78 is 0. The van der Waals surface area contributed by atoms with Crippen LogP contribution in [-0.4, -0.2) is 193 Å². The van der Waals surface area contributed by atoms with Crippen LogP contribution in [0.2, 0.25) is 0 Å². The third-order valence-corrected chi connectivity index (χ3v) is 13.8. The molecule has 0 aliphatic heterocycles. The number of aromatic nitrogens is 1. The summed E-state index contributed by atoms with van der Waals surface area (Å²) in [6.07, 6.45) is -0.401. The first-order chi connectivity index (χ1) is 39.9. The number of aliphatic hydroxyl groups excluding tert-OH is 2. The highest BCUT2D eigenvalue weighted by atomic mass is 32.2. The van der Waals surface area contributed by atoms with Crippen molar-refractivity contribution < 1.29 is 87.9 Å². The molecule has 0 unspecified atom stereocenters. The molecule has 19 N–H and O–H groups in total. The molecule has 0 saturated heterocycles. The van der Waals surface area contributed by atoms with Crippen molar-refractivity contribution in [2.24, 2.45) is 29.2 Å². The molecule has 1 heterocycles. The maximum absolute atomic E-state index is 14.1. The Labute approximate surface area is 495 Å². The van der Waals surface area contributed by atoms with Crippen LogP contribution < -0.4 is 59.3 Å². The molecule has 0 radical (unpaired) electrons. The Morgan fingerprint density at radius 3 is 1.34 bits per heavy atom. The third-order valence-electron chi connectivity index (χ3n) is 13.1. The van der Waals surface area contributed by atoms with Gasteiger partial charge in [0.05, 0.1) is 19.3 Å². The molecule has 2 rings (SSSR count). The average molecular weight is 1220 g/mol. The smallest absolute Gasteiger partial charge is 0.326 e. The second-order valence-electron chi connectivity index (χ2n) is 21.5. The number of amides is 10. The van der Waals surface area contributed by atoms with Gasteiger partial charge in [0.25, 0.3) is 0 Å². The van der Waals surface area contributed by atoms with E-state index >= 15 is 0 Å². The molecule has 30 nitrogen and oxygen atoms in total. The Kier molecular flexibility index (Phi) is 31.6. The molecule has 474 valence electrons. The predicted octanol–water partition coefficient (Wildman–Crippen LogP) is -3.03. The summed E-state index contributed by atoms with van der Waals surface area (Å²) in [5.41, 5.74) is 12.9. The quantitative estimate of drug-likeness (QED) is 0.0315. The SMILES string of the molecule is CSCC[C@H](NC(=O)[C@H](CO)NC(=O)[C@H](CCC(N)=O)NC(=O)[C@H](Cc1c[nH]c2ccccc12)NC(=O)[C@@H](N)CC(C)C)C(=O)N[C@@H](CCC(=O)O)C(=O)N[C@@H](CCC(=O)O)C(=O)N[C@H](C(=O)N[C@@H](CO)C(=O)N[C@@H](CC(C)C)C(=O)O)C(C)C. The van der Waals surface area contributed by atoms with Crippen LogP contribution in [0.15, 0.2) is 30.5 Å². The maximum atomic E-state index is 14.1. The number of aliphatic carboxylic acids is 3. The van der Waals surface area contributed by atoms with Crippen LogP contribution in [0, 0.1) is 17.8 Å². The number of aliphatic hydroxyl groups is 2. The number of rotatable bonds is 40. The first-order valence-corrected chi connectivity index (χ1v) is 29.0. The van der Waals surface area contributed by atoms with E-state index in [4.69, 9.17) is 11.5 Å². The van der Waals surface area contributed by atoms with Crippen molar-refractivity contribution in [1.29, 1.82) is 0 Å². The van der Waals surface area contributed by atoms with Crippen molar-refractivity contribution >= 4 is 99.6 Å². The highest BCUT2D eigenvalue weighted by molar-refractivity contribution is 7.98. The lowest BCUT2D eigenvalue weighted by Crippen LogP contribution is -2.61. The summed E-state index contributed by atoms with van der Waals surface area (Å²) in [6.45, 7) is 7.94. The summed E-state index contributed by atoms with van der Waals surface area (Å²) in [7, 11) is 0. The number of aromatic amines is 1. The summed E-state index contributed by atoms with van der Waals surface area (Å²) in [5.74, 6) is -15.4. The third kappa shape index (κ3) is 25.9. The van der Waals surface area contributed by atoms with Crippen molar-refractivity contribution in [1.82, 2.24) is 52.8 Å². The van der Waals surface area contributed by atoms with Crippen LogP contribution >= 0.6 is 11.8 Å². The average Bonchev–Trinajstić information content (AvgIpc) is 3.14. The van der Waals surface area contributed by atoms with Gasteiger partial charge in [-0.1, -0.05) is 59.7 Å². The van der Waals surface area contributed by atoms with E-state index in [0.717, 1.165) is 10.9 Å². The number of benzene rings is 1. The Balaban J connectivity index is 2.41. The van der Waals surface area contributed by atoms with E-state index in [-0.39, 0.29) is 43.3 Å². The number of carbonyl (C=O) groups excluding carboxylic acids is 10. The molecule has 0 aliphatic rings. The van der Waals surface area contributed by atoms with E-state index < -0.39 is 195 Å². The number of para-hydroxylation sites is 1. The Morgan fingerprint density at radius 1 is 0.506 bits per heavy atom. The fourth-order valence-corrected chi connectivity index (χ4v) is 8.99. The van der Waals surface area contributed by atoms with Gasteiger partial charge in [0.15, 0.2) is 0 Å². The van der Waals surface area contributed by atoms with Crippen LogP contribution in [0.5, 0.6) is 0 Å². The number of H-pyrrole nitrogens is 1. The second kappa shape index (κ2) is 36.7. The lowest BCUT2D eigenvalue weighted by atomic mass is 10.0. The molecular weight excluding hydrogens is 1140 g/mol. The minimum atomic E-state index is -1.86. The van der Waals surface area contributed by atoms with Gasteiger partial charge in [-0.3, -0.25) is 57.5 Å². The molecule has 10 amide bonds. The second-order valence-corrected chi connectivity index (χ2v) is 22.5.